The van der Waals surface area contributed by atoms with Crippen LogP contribution in [0.4, 0.5) is 0 Å². The first-order chi connectivity index (χ1) is 8.56. The van der Waals surface area contributed by atoms with E-state index in [1.54, 1.807) is 0 Å². The summed E-state index contributed by atoms with van der Waals surface area (Å²) < 4.78 is 0. The van der Waals surface area contributed by atoms with Crippen molar-refractivity contribution in [3.63, 3.8) is 0 Å². The summed E-state index contributed by atoms with van der Waals surface area (Å²) in [5.74, 6) is 1.05. The Labute approximate surface area is 111 Å². The molecule has 0 saturated heterocycles. The molecule has 1 aromatic rings. The second-order valence-electron chi connectivity index (χ2n) is 6.33. The van der Waals surface area contributed by atoms with Gasteiger partial charge in [0.15, 0.2) is 0 Å². The number of aliphatic hydroxyl groups is 1. The minimum atomic E-state index is -0.202. The maximum atomic E-state index is 10.3. The van der Waals surface area contributed by atoms with Crippen LogP contribution in [0.25, 0.3) is 0 Å². The van der Waals surface area contributed by atoms with E-state index < -0.39 is 0 Å². The molecule has 1 aliphatic rings. The van der Waals surface area contributed by atoms with E-state index in [1.165, 1.54) is 36.0 Å². The average molecular weight is 246 g/mol. The van der Waals surface area contributed by atoms with Gasteiger partial charge in [-0.25, -0.2) is 0 Å². The van der Waals surface area contributed by atoms with Crippen molar-refractivity contribution >= 4 is 0 Å². The van der Waals surface area contributed by atoms with Gasteiger partial charge in [-0.05, 0) is 60.6 Å². The summed E-state index contributed by atoms with van der Waals surface area (Å²) in [7, 11) is 0. The Morgan fingerprint density at radius 3 is 2.56 bits per heavy atom. The minimum Gasteiger partial charge on any atom is -0.393 e. The first kappa shape index (κ1) is 13.6. The van der Waals surface area contributed by atoms with E-state index in [0.717, 1.165) is 12.8 Å². The van der Waals surface area contributed by atoms with Crippen molar-refractivity contribution in [3.8, 4) is 0 Å². The molecule has 1 aliphatic carbocycles. The molecule has 1 heteroatoms. The van der Waals surface area contributed by atoms with Crippen molar-refractivity contribution in [2.75, 3.05) is 0 Å². The van der Waals surface area contributed by atoms with Crippen LogP contribution < -0.4 is 0 Å². The fraction of sp³-hybridized carbons (Fsp3) is 0.647. The van der Waals surface area contributed by atoms with Gasteiger partial charge >= 0.3 is 0 Å². The lowest BCUT2D eigenvalue weighted by Gasteiger charge is -2.21. The first-order valence-corrected chi connectivity index (χ1v) is 7.35. The van der Waals surface area contributed by atoms with Crippen LogP contribution in [0.15, 0.2) is 18.2 Å². The molecule has 0 radical (unpaired) electrons. The summed E-state index contributed by atoms with van der Waals surface area (Å²) in [5.41, 5.74) is 4.33. The lowest BCUT2D eigenvalue weighted by molar-refractivity contribution is 0.105. The predicted molar refractivity (Wildman–Crippen MR) is 76.8 cm³/mol. The molecule has 0 aromatic heterocycles. The highest BCUT2D eigenvalue weighted by atomic mass is 16.3. The monoisotopic (exact) mass is 246 g/mol. The SMILES string of the molecule is CC(C)CC(C)C(O)Cc1ccc2c(c1)CCC2. The van der Waals surface area contributed by atoms with Crippen molar-refractivity contribution in [2.24, 2.45) is 11.8 Å². The summed E-state index contributed by atoms with van der Waals surface area (Å²) in [6, 6.07) is 6.78. The number of aliphatic hydroxyl groups excluding tert-OH is 1. The molecule has 2 unspecified atom stereocenters. The summed E-state index contributed by atoms with van der Waals surface area (Å²) in [6.45, 7) is 6.61. The molecule has 100 valence electrons. The highest BCUT2D eigenvalue weighted by Crippen LogP contribution is 2.24. The zero-order valence-electron chi connectivity index (χ0n) is 11.9. The van der Waals surface area contributed by atoms with Gasteiger partial charge in [0.1, 0.15) is 0 Å². The van der Waals surface area contributed by atoms with E-state index in [9.17, 15) is 5.11 Å². The molecule has 2 atom stereocenters. The molecule has 0 saturated carbocycles. The maximum absolute atomic E-state index is 10.3. The third kappa shape index (κ3) is 3.35. The normalized spacial score (nSPS) is 17.8. The van der Waals surface area contributed by atoms with Gasteiger partial charge in [0.2, 0.25) is 0 Å². The Morgan fingerprint density at radius 1 is 1.11 bits per heavy atom. The summed E-state index contributed by atoms with van der Waals surface area (Å²) in [6.07, 6.45) is 5.47. The topological polar surface area (TPSA) is 20.2 Å². The number of hydrogen-bond acceptors (Lipinski definition) is 1. The molecule has 1 aromatic carbocycles. The van der Waals surface area contributed by atoms with Crippen LogP contribution >= 0.6 is 0 Å². The fourth-order valence-corrected chi connectivity index (χ4v) is 3.10. The third-order valence-corrected chi connectivity index (χ3v) is 4.11. The van der Waals surface area contributed by atoms with Gasteiger partial charge in [0, 0.05) is 0 Å². The van der Waals surface area contributed by atoms with Crippen LogP contribution in [0.5, 0.6) is 0 Å². The van der Waals surface area contributed by atoms with E-state index in [0.29, 0.717) is 11.8 Å². The van der Waals surface area contributed by atoms with Crippen LogP contribution in [-0.2, 0) is 19.3 Å². The summed E-state index contributed by atoms with van der Waals surface area (Å²) in [4.78, 5) is 0. The first-order valence-electron chi connectivity index (χ1n) is 7.35. The Balaban J connectivity index is 1.96. The largest absolute Gasteiger partial charge is 0.393 e. The van der Waals surface area contributed by atoms with E-state index in [-0.39, 0.29) is 6.10 Å². The van der Waals surface area contributed by atoms with Crippen LogP contribution in [0.2, 0.25) is 0 Å². The highest BCUT2D eigenvalue weighted by molar-refractivity contribution is 5.35. The summed E-state index contributed by atoms with van der Waals surface area (Å²) >= 11 is 0. The van der Waals surface area contributed by atoms with Gasteiger partial charge in [-0.2, -0.15) is 0 Å². The summed E-state index contributed by atoms with van der Waals surface area (Å²) in [5, 5.41) is 10.3. The zero-order valence-corrected chi connectivity index (χ0v) is 11.9. The van der Waals surface area contributed by atoms with Crippen LogP contribution in [0, 0.1) is 11.8 Å². The molecule has 1 N–H and O–H groups in total. The van der Waals surface area contributed by atoms with E-state index in [4.69, 9.17) is 0 Å². The van der Waals surface area contributed by atoms with Crippen LogP contribution in [0.3, 0.4) is 0 Å². The van der Waals surface area contributed by atoms with Crippen LogP contribution in [-0.4, -0.2) is 11.2 Å². The van der Waals surface area contributed by atoms with Crippen molar-refractivity contribution in [2.45, 2.75) is 59.0 Å². The Bertz CT molecular complexity index is 395. The van der Waals surface area contributed by atoms with Gasteiger partial charge in [0.05, 0.1) is 6.10 Å². The maximum Gasteiger partial charge on any atom is 0.0606 e. The van der Waals surface area contributed by atoms with Gasteiger partial charge < -0.3 is 5.11 Å². The van der Waals surface area contributed by atoms with Gasteiger partial charge in [-0.1, -0.05) is 39.0 Å². The van der Waals surface area contributed by atoms with Crippen LogP contribution in [0.1, 0.15) is 50.3 Å². The Hall–Kier alpha value is -0.820. The number of fused-ring (bicyclic) bond motifs is 1. The fourth-order valence-electron chi connectivity index (χ4n) is 3.10. The van der Waals surface area contributed by atoms with Gasteiger partial charge in [0.25, 0.3) is 0 Å². The molecular formula is C17H26O. The number of aryl methyl sites for hydroxylation is 2. The molecule has 1 nitrogen and oxygen atoms in total. The smallest absolute Gasteiger partial charge is 0.0606 e. The van der Waals surface area contributed by atoms with Crippen molar-refractivity contribution in [3.05, 3.63) is 34.9 Å². The van der Waals surface area contributed by atoms with Crippen molar-refractivity contribution < 1.29 is 5.11 Å². The third-order valence-electron chi connectivity index (χ3n) is 4.11. The number of hydrogen-bond donors (Lipinski definition) is 1. The second kappa shape index (κ2) is 5.88. The zero-order chi connectivity index (χ0) is 13.1. The molecule has 0 bridgehead atoms. The van der Waals surface area contributed by atoms with Crippen molar-refractivity contribution in [1.82, 2.24) is 0 Å². The quantitative estimate of drug-likeness (QED) is 0.838. The molecule has 2 rings (SSSR count). The van der Waals surface area contributed by atoms with Crippen molar-refractivity contribution in [1.29, 1.82) is 0 Å². The van der Waals surface area contributed by atoms with E-state index >= 15 is 0 Å². The average Bonchev–Trinajstić information content (AvgIpc) is 2.75. The molecule has 0 spiro atoms. The number of benzene rings is 1. The molecule has 0 aliphatic heterocycles. The molecule has 0 heterocycles. The number of rotatable bonds is 5. The lowest BCUT2D eigenvalue weighted by atomic mass is 9.90. The van der Waals surface area contributed by atoms with Gasteiger partial charge in [-0.3, -0.25) is 0 Å². The Morgan fingerprint density at radius 2 is 1.83 bits per heavy atom. The Kier molecular flexibility index (Phi) is 4.45. The standard InChI is InChI=1S/C17H26O/c1-12(2)9-13(3)17(18)11-14-7-8-15-5-4-6-16(15)10-14/h7-8,10,12-13,17-18H,4-6,9,11H2,1-3H3. The molecular weight excluding hydrogens is 220 g/mol. The molecule has 18 heavy (non-hydrogen) atoms. The lowest BCUT2D eigenvalue weighted by Crippen LogP contribution is -2.21. The molecule has 0 amide bonds. The van der Waals surface area contributed by atoms with E-state index in [2.05, 4.69) is 39.0 Å². The molecule has 0 fully saturated rings. The van der Waals surface area contributed by atoms with Gasteiger partial charge in [-0.15, -0.1) is 0 Å². The highest BCUT2D eigenvalue weighted by Gasteiger charge is 2.17. The minimum absolute atomic E-state index is 0.202. The van der Waals surface area contributed by atoms with E-state index in [1.807, 2.05) is 0 Å². The second-order valence-corrected chi connectivity index (χ2v) is 6.33. The predicted octanol–water partition coefficient (Wildman–Crippen LogP) is 3.76.